The fourth-order valence-corrected chi connectivity index (χ4v) is 2.73. The summed E-state index contributed by atoms with van der Waals surface area (Å²) in [7, 11) is 0. The van der Waals surface area contributed by atoms with Crippen molar-refractivity contribution < 1.29 is 4.74 Å². The second-order valence-electron chi connectivity index (χ2n) is 7.19. The zero-order valence-electron chi connectivity index (χ0n) is 17.2. The zero-order valence-corrected chi connectivity index (χ0v) is 17.2. The van der Waals surface area contributed by atoms with Gasteiger partial charge < -0.3 is 15.4 Å². The largest absolute Gasteiger partial charge is 0.491 e. The zero-order chi connectivity index (χ0) is 19.6. The van der Waals surface area contributed by atoms with Crippen LogP contribution in [0, 0.1) is 12.8 Å². The second-order valence-corrected chi connectivity index (χ2v) is 7.19. The average molecular weight is 372 g/mol. The van der Waals surface area contributed by atoms with E-state index in [2.05, 4.69) is 54.7 Å². The summed E-state index contributed by atoms with van der Waals surface area (Å²) in [4.78, 5) is 4.74. The van der Waals surface area contributed by atoms with Crippen LogP contribution >= 0.6 is 0 Å². The van der Waals surface area contributed by atoms with Crippen molar-refractivity contribution in [3.63, 3.8) is 0 Å². The van der Waals surface area contributed by atoms with Crippen molar-refractivity contribution >= 4 is 5.96 Å². The van der Waals surface area contributed by atoms with E-state index in [1.807, 2.05) is 37.0 Å². The molecule has 0 aliphatic heterocycles. The Labute approximate surface area is 163 Å². The molecule has 27 heavy (non-hydrogen) atoms. The van der Waals surface area contributed by atoms with Gasteiger partial charge in [0.1, 0.15) is 5.75 Å². The van der Waals surface area contributed by atoms with Crippen LogP contribution < -0.4 is 15.4 Å². The molecule has 2 N–H and O–H groups in total. The van der Waals surface area contributed by atoms with Crippen molar-refractivity contribution in [1.82, 2.24) is 20.4 Å². The summed E-state index contributed by atoms with van der Waals surface area (Å²) >= 11 is 0. The molecule has 148 valence electrons. The maximum Gasteiger partial charge on any atom is 0.191 e. The third-order valence-corrected chi connectivity index (χ3v) is 4.01. The van der Waals surface area contributed by atoms with Crippen molar-refractivity contribution in [3.05, 3.63) is 47.8 Å². The Bertz CT molecular complexity index is 709. The highest BCUT2D eigenvalue weighted by Crippen LogP contribution is 2.22. The second kappa shape index (κ2) is 10.6. The predicted molar refractivity (Wildman–Crippen MR) is 111 cm³/mol. The van der Waals surface area contributed by atoms with Gasteiger partial charge in [0.05, 0.1) is 12.6 Å². The third-order valence-electron chi connectivity index (χ3n) is 4.01. The van der Waals surface area contributed by atoms with Crippen molar-refractivity contribution in [2.24, 2.45) is 10.9 Å². The number of aryl methyl sites for hydroxylation is 1. The number of ether oxygens (including phenoxy) is 1. The first-order valence-electron chi connectivity index (χ1n) is 9.73. The number of aromatic nitrogens is 2. The summed E-state index contributed by atoms with van der Waals surface area (Å²) in [5, 5.41) is 11.0. The van der Waals surface area contributed by atoms with Crippen LogP contribution in [0.2, 0.25) is 0 Å². The van der Waals surface area contributed by atoms with E-state index in [1.165, 1.54) is 5.56 Å². The molecule has 1 unspecified atom stereocenters. The Hall–Kier alpha value is -2.50. The van der Waals surface area contributed by atoms with Gasteiger partial charge in [-0.15, -0.1) is 0 Å². The number of hydrogen-bond donors (Lipinski definition) is 2. The van der Waals surface area contributed by atoms with Crippen LogP contribution in [0.15, 0.2) is 41.7 Å². The van der Waals surface area contributed by atoms with E-state index in [0.717, 1.165) is 36.9 Å². The van der Waals surface area contributed by atoms with Gasteiger partial charge >= 0.3 is 0 Å². The molecule has 0 amide bonds. The SMILES string of the molecule is CCNC(=NCc1ccc(C)cc1OC(C)C)NCC(C)Cn1cccn1. The van der Waals surface area contributed by atoms with Gasteiger partial charge in [-0.1, -0.05) is 19.1 Å². The number of guanidine groups is 1. The van der Waals surface area contributed by atoms with Crippen LogP contribution in [0.4, 0.5) is 0 Å². The van der Waals surface area contributed by atoms with E-state index in [1.54, 1.807) is 0 Å². The van der Waals surface area contributed by atoms with Crippen molar-refractivity contribution in [2.75, 3.05) is 13.1 Å². The van der Waals surface area contributed by atoms with E-state index < -0.39 is 0 Å². The van der Waals surface area contributed by atoms with Gasteiger partial charge in [-0.25, -0.2) is 4.99 Å². The minimum absolute atomic E-state index is 0.143. The molecule has 0 aliphatic carbocycles. The summed E-state index contributed by atoms with van der Waals surface area (Å²) in [6.07, 6.45) is 3.94. The number of rotatable bonds is 9. The van der Waals surface area contributed by atoms with Crippen molar-refractivity contribution in [3.8, 4) is 5.75 Å². The lowest BCUT2D eigenvalue weighted by atomic mass is 10.1. The molecule has 0 radical (unpaired) electrons. The minimum Gasteiger partial charge on any atom is -0.491 e. The molecule has 1 aromatic heterocycles. The fourth-order valence-electron chi connectivity index (χ4n) is 2.73. The average Bonchev–Trinajstić information content (AvgIpc) is 3.11. The summed E-state index contributed by atoms with van der Waals surface area (Å²) in [5.41, 5.74) is 2.28. The Balaban J connectivity index is 1.98. The van der Waals surface area contributed by atoms with Crippen LogP contribution in [0.3, 0.4) is 0 Å². The molecule has 0 saturated carbocycles. The topological polar surface area (TPSA) is 63.5 Å². The lowest BCUT2D eigenvalue weighted by Crippen LogP contribution is -2.40. The molecule has 2 rings (SSSR count). The molecule has 6 heteroatoms. The monoisotopic (exact) mass is 371 g/mol. The van der Waals surface area contributed by atoms with Gasteiger partial charge in [-0.3, -0.25) is 4.68 Å². The fraction of sp³-hybridized carbons (Fsp3) is 0.524. The van der Waals surface area contributed by atoms with Crippen LogP contribution in [0.5, 0.6) is 5.75 Å². The Morgan fingerprint density at radius 3 is 2.74 bits per heavy atom. The highest BCUT2D eigenvalue weighted by atomic mass is 16.5. The van der Waals surface area contributed by atoms with E-state index in [4.69, 9.17) is 9.73 Å². The van der Waals surface area contributed by atoms with Crippen LogP contribution in [0.1, 0.15) is 38.8 Å². The van der Waals surface area contributed by atoms with E-state index in [0.29, 0.717) is 12.5 Å². The van der Waals surface area contributed by atoms with E-state index in [-0.39, 0.29) is 6.10 Å². The summed E-state index contributed by atoms with van der Waals surface area (Å²) in [6.45, 7) is 13.5. The number of nitrogens with one attached hydrogen (secondary N) is 2. The van der Waals surface area contributed by atoms with Gasteiger partial charge in [0.25, 0.3) is 0 Å². The molecule has 0 bridgehead atoms. The Kier molecular flexibility index (Phi) is 8.17. The van der Waals surface area contributed by atoms with Gasteiger partial charge in [0.2, 0.25) is 0 Å². The predicted octanol–water partition coefficient (Wildman–Crippen LogP) is 3.37. The van der Waals surface area contributed by atoms with E-state index >= 15 is 0 Å². The number of aliphatic imine (C=N–C) groups is 1. The van der Waals surface area contributed by atoms with Crippen molar-refractivity contribution in [2.45, 2.75) is 53.8 Å². The lowest BCUT2D eigenvalue weighted by Gasteiger charge is -2.17. The molecular formula is C21H33N5O. The molecule has 1 atom stereocenters. The number of nitrogens with zero attached hydrogens (tertiary/aromatic N) is 3. The molecule has 2 aromatic rings. The van der Waals surface area contributed by atoms with Crippen LogP contribution in [-0.4, -0.2) is 34.9 Å². The van der Waals surface area contributed by atoms with Crippen LogP contribution in [-0.2, 0) is 13.1 Å². The first-order valence-corrected chi connectivity index (χ1v) is 9.73. The first kappa shape index (κ1) is 20.8. The van der Waals surface area contributed by atoms with Crippen LogP contribution in [0.25, 0.3) is 0 Å². The first-order chi connectivity index (χ1) is 13.0. The Morgan fingerprint density at radius 2 is 2.07 bits per heavy atom. The van der Waals surface area contributed by atoms with Gasteiger partial charge in [-0.05, 0) is 51.3 Å². The van der Waals surface area contributed by atoms with Gasteiger partial charge in [-0.2, -0.15) is 5.10 Å². The minimum atomic E-state index is 0.143. The molecule has 1 heterocycles. The van der Waals surface area contributed by atoms with Crippen molar-refractivity contribution in [1.29, 1.82) is 0 Å². The Morgan fingerprint density at radius 1 is 1.26 bits per heavy atom. The quantitative estimate of drug-likeness (QED) is 0.524. The van der Waals surface area contributed by atoms with E-state index in [9.17, 15) is 0 Å². The molecule has 1 aromatic carbocycles. The maximum absolute atomic E-state index is 5.96. The highest BCUT2D eigenvalue weighted by molar-refractivity contribution is 5.79. The van der Waals surface area contributed by atoms with Gasteiger partial charge in [0, 0.05) is 37.6 Å². The molecule has 6 nitrogen and oxygen atoms in total. The maximum atomic E-state index is 5.96. The molecular weight excluding hydrogens is 338 g/mol. The summed E-state index contributed by atoms with van der Waals surface area (Å²) in [6, 6.07) is 8.23. The molecule has 0 spiro atoms. The lowest BCUT2D eigenvalue weighted by molar-refractivity contribution is 0.240. The normalized spacial score (nSPS) is 12.9. The number of benzene rings is 1. The van der Waals surface area contributed by atoms with Gasteiger partial charge in [0.15, 0.2) is 5.96 Å². The number of hydrogen-bond acceptors (Lipinski definition) is 3. The summed E-state index contributed by atoms with van der Waals surface area (Å²) in [5.74, 6) is 2.17. The smallest absolute Gasteiger partial charge is 0.191 e. The standard InChI is InChI=1S/C21H33N5O/c1-6-22-21(23-13-18(5)15-26-11-7-10-25-26)24-14-19-9-8-17(4)12-20(19)27-16(2)3/h7-12,16,18H,6,13-15H2,1-5H3,(H2,22,23,24). The molecule has 0 aliphatic rings. The highest BCUT2D eigenvalue weighted by Gasteiger charge is 2.08. The third kappa shape index (κ3) is 7.33. The summed E-state index contributed by atoms with van der Waals surface area (Å²) < 4.78 is 7.91. The molecule has 0 saturated heterocycles. The molecule has 0 fully saturated rings.